The maximum absolute atomic E-state index is 11.6. The molecule has 0 heterocycles. The zero-order chi connectivity index (χ0) is 12.5. The van der Waals surface area contributed by atoms with Gasteiger partial charge in [0.1, 0.15) is 0 Å². The van der Waals surface area contributed by atoms with Gasteiger partial charge < -0.3 is 4.74 Å². The highest BCUT2D eigenvalue weighted by atomic mass is 16.6. The van der Waals surface area contributed by atoms with Gasteiger partial charge in [-0.1, -0.05) is 0 Å². The van der Waals surface area contributed by atoms with E-state index < -0.39 is 5.41 Å². The molecule has 0 bridgehead atoms. The van der Waals surface area contributed by atoms with Crippen LogP contribution in [0, 0.1) is 27.4 Å². The molecule has 0 aromatic carbocycles. The van der Waals surface area contributed by atoms with E-state index >= 15 is 0 Å². The number of hydrogen-bond donors (Lipinski definition) is 0. The molecule has 2 aliphatic rings. The molecule has 0 aromatic heterocycles. The van der Waals surface area contributed by atoms with Crippen molar-refractivity contribution in [1.82, 2.24) is 0 Å². The van der Waals surface area contributed by atoms with E-state index in [1.807, 2.05) is 0 Å². The molecule has 2 aliphatic carbocycles. The highest BCUT2D eigenvalue weighted by molar-refractivity contribution is 5.70. The highest BCUT2D eigenvalue weighted by Gasteiger charge is 2.52. The Morgan fingerprint density at radius 3 is 2.41 bits per heavy atom. The lowest BCUT2D eigenvalue weighted by atomic mass is 9.77. The van der Waals surface area contributed by atoms with Crippen LogP contribution in [0.4, 0.5) is 0 Å². The third-order valence-corrected chi connectivity index (χ3v) is 4.25. The molecule has 96 valence electrons. The van der Waals surface area contributed by atoms with Crippen molar-refractivity contribution < 1.29 is 14.5 Å². The maximum atomic E-state index is 11.6. The summed E-state index contributed by atoms with van der Waals surface area (Å²) in [6, 6.07) is 0. The first kappa shape index (κ1) is 12.3. The molecule has 0 radical (unpaired) electrons. The van der Waals surface area contributed by atoms with E-state index in [9.17, 15) is 14.9 Å². The summed E-state index contributed by atoms with van der Waals surface area (Å²) in [6.07, 6.45) is 4.23. The van der Waals surface area contributed by atoms with Gasteiger partial charge in [-0.3, -0.25) is 14.9 Å². The largest absolute Gasteiger partial charge is 0.466 e. The van der Waals surface area contributed by atoms with Gasteiger partial charge in [0.05, 0.1) is 13.0 Å². The molecule has 0 amide bonds. The number of nitrogens with zero attached hydrogens (tertiary/aromatic N) is 1. The van der Waals surface area contributed by atoms with Crippen LogP contribution in [0.5, 0.6) is 0 Å². The molecule has 0 saturated heterocycles. The fourth-order valence-corrected chi connectivity index (χ4v) is 3.49. The van der Waals surface area contributed by atoms with Crippen LogP contribution in [0.15, 0.2) is 0 Å². The minimum absolute atomic E-state index is 0.0845. The van der Waals surface area contributed by atoms with Crippen molar-refractivity contribution in [2.75, 3.05) is 13.2 Å². The summed E-state index contributed by atoms with van der Waals surface area (Å²) in [7, 11) is 0. The van der Waals surface area contributed by atoms with Crippen molar-refractivity contribution in [2.24, 2.45) is 17.3 Å². The Morgan fingerprint density at radius 1 is 1.41 bits per heavy atom. The van der Waals surface area contributed by atoms with Crippen LogP contribution in [-0.2, 0) is 9.53 Å². The number of rotatable bonds is 5. The van der Waals surface area contributed by atoms with Gasteiger partial charge in [0, 0.05) is 10.3 Å². The van der Waals surface area contributed by atoms with Crippen molar-refractivity contribution in [3.63, 3.8) is 0 Å². The molecular weight excluding hydrogens is 222 g/mol. The molecule has 5 heteroatoms. The SMILES string of the molecule is CCOC(=O)CC1(C[N+](=O)[O-])CC2CCC2C1. The lowest BCUT2D eigenvalue weighted by Crippen LogP contribution is -2.31. The van der Waals surface area contributed by atoms with Gasteiger partial charge in [-0.05, 0) is 44.4 Å². The van der Waals surface area contributed by atoms with E-state index in [0.29, 0.717) is 18.4 Å². The van der Waals surface area contributed by atoms with Crippen LogP contribution in [0.1, 0.15) is 39.0 Å². The van der Waals surface area contributed by atoms with Crippen molar-refractivity contribution in [2.45, 2.75) is 39.0 Å². The first-order valence-electron chi connectivity index (χ1n) is 6.32. The Labute approximate surface area is 101 Å². The second-order valence-electron chi connectivity index (χ2n) is 5.48. The van der Waals surface area contributed by atoms with Crippen molar-refractivity contribution in [1.29, 1.82) is 0 Å². The van der Waals surface area contributed by atoms with Crippen LogP contribution in [0.25, 0.3) is 0 Å². The van der Waals surface area contributed by atoms with Gasteiger partial charge in [-0.25, -0.2) is 0 Å². The molecule has 2 atom stereocenters. The van der Waals surface area contributed by atoms with Crippen molar-refractivity contribution >= 4 is 5.97 Å². The van der Waals surface area contributed by atoms with Crippen molar-refractivity contribution in [3.8, 4) is 0 Å². The van der Waals surface area contributed by atoms with Gasteiger partial charge in [0.2, 0.25) is 6.54 Å². The number of ether oxygens (including phenoxy) is 1. The van der Waals surface area contributed by atoms with Crippen LogP contribution in [0.2, 0.25) is 0 Å². The summed E-state index contributed by atoms with van der Waals surface area (Å²) in [6.45, 7) is 2.02. The molecule has 17 heavy (non-hydrogen) atoms. The van der Waals surface area contributed by atoms with Crippen molar-refractivity contribution in [3.05, 3.63) is 10.1 Å². The van der Waals surface area contributed by atoms with Gasteiger partial charge >= 0.3 is 5.97 Å². The quantitative estimate of drug-likeness (QED) is 0.419. The van der Waals surface area contributed by atoms with E-state index in [-0.39, 0.29) is 23.9 Å². The predicted molar refractivity (Wildman–Crippen MR) is 61.0 cm³/mol. The zero-order valence-corrected chi connectivity index (χ0v) is 10.2. The zero-order valence-electron chi connectivity index (χ0n) is 10.2. The minimum Gasteiger partial charge on any atom is -0.466 e. The van der Waals surface area contributed by atoms with Crippen LogP contribution < -0.4 is 0 Å². The van der Waals surface area contributed by atoms with Gasteiger partial charge in [-0.15, -0.1) is 0 Å². The van der Waals surface area contributed by atoms with E-state index in [1.54, 1.807) is 6.92 Å². The maximum Gasteiger partial charge on any atom is 0.306 e. The summed E-state index contributed by atoms with van der Waals surface area (Å²) in [5, 5.41) is 10.8. The number of carbonyl (C=O) groups is 1. The van der Waals surface area contributed by atoms with E-state index in [2.05, 4.69) is 0 Å². The molecule has 2 unspecified atom stereocenters. The first-order chi connectivity index (χ1) is 8.04. The normalized spacial score (nSPS) is 34.9. The number of fused-ring (bicyclic) bond motifs is 1. The summed E-state index contributed by atoms with van der Waals surface area (Å²) < 4.78 is 4.94. The standard InChI is InChI=1S/C12H19NO4/c1-2-17-11(14)7-12(8-13(15)16)5-9-3-4-10(9)6-12/h9-10H,2-8H2,1H3. The van der Waals surface area contributed by atoms with Gasteiger partial charge in [0.25, 0.3) is 0 Å². The van der Waals surface area contributed by atoms with Crippen LogP contribution >= 0.6 is 0 Å². The average Bonchev–Trinajstić information content (AvgIpc) is 2.41. The second-order valence-corrected chi connectivity index (χ2v) is 5.48. The molecular formula is C12H19NO4. The molecule has 0 aliphatic heterocycles. The Morgan fingerprint density at radius 2 is 2.00 bits per heavy atom. The Hall–Kier alpha value is -1.13. The average molecular weight is 241 g/mol. The Kier molecular flexibility index (Phi) is 3.35. The summed E-state index contributed by atoms with van der Waals surface area (Å²) in [5.41, 5.74) is -0.429. The fraction of sp³-hybridized carbons (Fsp3) is 0.917. The highest BCUT2D eigenvalue weighted by Crippen LogP contribution is 2.56. The van der Waals surface area contributed by atoms with Crippen LogP contribution in [-0.4, -0.2) is 24.0 Å². The molecule has 2 saturated carbocycles. The Balaban J connectivity index is 2.02. The smallest absolute Gasteiger partial charge is 0.306 e. The van der Waals surface area contributed by atoms with E-state index in [4.69, 9.17) is 4.74 Å². The van der Waals surface area contributed by atoms with Gasteiger partial charge in [0.15, 0.2) is 0 Å². The number of hydrogen-bond acceptors (Lipinski definition) is 4. The molecule has 0 aromatic rings. The molecule has 2 rings (SSSR count). The molecule has 0 spiro atoms. The molecule has 5 nitrogen and oxygen atoms in total. The minimum atomic E-state index is -0.429. The molecule has 2 fully saturated rings. The lowest BCUT2D eigenvalue weighted by molar-refractivity contribution is -0.497. The van der Waals surface area contributed by atoms with Crippen LogP contribution in [0.3, 0.4) is 0 Å². The summed E-state index contributed by atoms with van der Waals surface area (Å²) in [5.74, 6) is 0.949. The fourth-order valence-electron chi connectivity index (χ4n) is 3.49. The van der Waals surface area contributed by atoms with E-state index in [1.165, 1.54) is 12.8 Å². The Bertz CT molecular complexity index is 316. The third kappa shape index (κ3) is 2.58. The molecule has 0 N–H and O–H groups in total. The summed E-state index contributed by atoms with van der Waals surface area (Å²) in [4.78, 5) is 22.1. The number of nitro groups is 1. The first-order valence-corrected chi connectivity index (χ1v) is 6.32. The lowest BCUT2D eigenvalue weighted by Gasteiger charge is -2.29. The van der Waals surface area contributed by atoms with E-state index in [0.717, 1.165) is 12.8 Å². The monoisotopic (exact) mass is 241 g/mol. The predicted octanol–water partition coefficient (Wildman–Crippen LogP) is 2.02. The topological polar surface area (TPSA) is 69.4 Å². The second kappa shape index (κ2) is 4.63. The number of esters is 1. The third-order valence-electron chi connectivity index (χ3n) is 4.25. The van der Waals surface area contributed by atoms with Gasteiger partial charge in [-0.2, -0.15) is 0 Å². The number of carbonyl (C=O) groups excluding carboxylic acids is 1. The summed E-state index contributed by atoms with van der Waals surface area (Å²) >= 11 is 0.